The van der Waals surface area contributed by atoms with Crippen LogP contribution < -0.4 is 16.0 Å². The van der Waals surface area contributed by atoms with Gasteiger partial charge in [-0.15, -0.1) is 0 Å². The van der Waals surface area contributed by atoms with Crippen LogP contribution in [0.5, 0.6) is 0 Å². The fourth-order valence-electron chi connectivity index (χ4n) is 2.73. The van der Waals surface area contributed by atoms with Gasteiger partial charge in [0.15, 0.2) is 0 Å². The molecule has 0 aromatic carbocycles. The van der Waals surface area contributed by atoms with E-state index in [0.29, 0.717) is 12.8 Å². The topological polar surface area (TPSA) is 131 Å². The van der Waals surface area contributed by atoms with E-state index in [4.69, 9.17) is 0 Å². The number of nitrogens with one attached hydrogen (secondary N) is 3. The predicted molar refractivity (Wildman–Crippen MR) is 106 cm³/mol. The lowest BCUT2D eigenvalue weighted by atomic mass is 10.0. The maximum atomic E-state index is 12.8. The van der Waals surface area contributed by atoms with Crippen molar-refractivity contribution in [3.63, 3.8) is 0 Å². The fourth-order valence-corrected chi connectivity index (χ4v) is 3.58. The van der Waals surface area contributed by atoms with E-state index in [1.54, 1.807) is 6.92 Å². The van der Waals surface area contributed by atoms with Gasteiger partial charge in [0.05, 0.1) is 6.04 Å². The first kappa shape index (κ1) is 26.0. The van der Waals surface area contributed by atoms with Crippen LogP contribution in [0, 0.1) is 5.92 Å². The van der Waals surface area contributed by atoms with Crippen molar-refractivity contribution in [1.82, 2.24) is 20.9 Å². The summed E-state index contributed by atoms with van der Waals surface area (Å²) in [7, 11) is 1.00. The lowest BCUT2D eigenvalue weighted by Gasteiger charge is -2.28. The zero-order valence-electron chi connectivity index (χ0n) is 17.4. The Kier molecular flexibility index (Phi) is 12.0. The molecule has 0 aliphatic heterocycles. The first-order chi connectivity index (χ1) is 12.4. The monoisotopic (exact) mass is 408 g/mol. The average molecular weight is 408 g/mol. The summed E-state index contributed by atoms with van der Waals surface area (Å²) in [6, 6.07) is -1.47. The Balaban J connectivity index is 5.19. The minimum absolute atomic E-state index is 0.134. The first-order valence-corrected chi connectivity index (χ1v) is 11.1. The van der Waals surface area contributed by atoms with Crippen molar-refractivity contribution in [2.45, 2.75) is 64.3 Å². The summed E-state index contributed by atoms with van der Waals surface area (Å²) in [4.78, 5) is 45.8. The molecule has 0 aromatic rings. The molecule has 0 radical (unpaired) electrons. The lowest BCUT2D eigenvalue weighted by molar-refractivity contribution is -0.130. The number of hydrogen-bond acceptors (Lipinski definition) is 5. The van der Waals surface area contributed by atoms with Crippen LogP contribution in [-0.2, 0) is 14.2 Å². The highest BCUT2D eigenvalue weighted by Crippen LogP contribution is 2.41. The van der Waals surface area contributed by atoms with Crippen molar-refractivity contribution in [3.05, 3.63) is 0 Å². The largest absolute Gasteiger partial charge is 0.357 e. The molecular weight excluding hydrogens is 371 g/mol. The molecule has 5 N–H and O–H groups in total. The minimum atomic E-state index is -4.38. The van der Waals surface area contributed by atoms with Gasteiger partial charge < -0.3 is 25.3 Å². The van der Waals surface area contributed by atoms with Crippen LogP contribution in [0.15, 0.2) is 0 Å². The quantitative estimate of drug-likeness (QED) is 0.280. The van der Waals surface area contributed by atoms with Crippen molar-refractivity contribution < 1.29 is 23.9 Å². The summed E-state index contributed by atoms with van der Waals surface area (Å²) in [5.41, 5.74) is 0. The second-order valence-corrected chi connectivity index (χ2v) is 9.28. The molecule has 0 spiro atoms. The zero-order valence-corrected chi connectivity index (χ0v) is 18.3. The van der Waals surface area contributed by atoms with Gasteiger partial charge in [-0.1, -0.05) is 20.8 Å². The van der Waals surface area contributed by atoms with E-state index in [-0.39, 0.29) is 18.2 Å². The first-order valence-electron chi connectivity index (χ1n) is 9.40. The standard InChI is InChI=1S/C17H37N4O5P/c1-7-15(27(24,25)26)19-14(11-12(2)3)17(23)20-13(16(22)18-4)9-8-10-21(5)6/h12-15,19H,7-11H2,1-6H3,(H,18,22)(H,20,23)(H2,24,25,26)/t13-,14-,15+/m0/s1. The van der Waals surface area contributed by atoms with E-state index in [1.165, 1.54) is 7.05 Å². The average Bonchev–Trinajstić information content (AvgIpc) is 2.54. The number of nitrogens with zero attached hydrogens (tertiary/aromatic N) is 1. The lowest BCUT2D eigenvalue weighted by Crippen LogP contribution is -2.54. The molecule has 0 fully saturated rings. The molecule has 0 aromatic heterocycles. The molecule has 160 valence electrons. The van der Waals surface area contributed by atoms with Crippen LogP contribution in [0.1, 0.15) is 46.5 Å². The molecule has 27 heavy (non-hydrogen) atoms. The van der Waals surface area contributed by atoms with Crippen molar-refractivity contribution in [1.29, 1.82) is 0 Å². The van der Waals surface area contributed by atoms with Crippen LogP contribution in [0.25, 0.3) is 0 Å². The summed E-state index contributed by atoms with van der Waals surface area (Å²) in [5.74, 6) is -1.67. The van der Waals surface area contributed by atoms with E-state index in [0.717, 1.165) is 13.0 Å². The Bertz CT molecular complexity index is 510. The molecule has 0 rings (SSSR count). The van der Waals surface area contributed by atoms with Gasteiger partial charge in [0, 0.05) is 7.05 Å². The highest BCUT2D eigenvalue weighted by atomic mass is 31.2. The molecule has 2 amide bonds. The molecule has 10 heteroatoms. The Morgan fingerprint density at radius 2 is 1.70 bits per heavy atom. The zero-order chi connectivity index (χ0) is 21.2. The van der Waals surface area contributed by atoms with Crippen LogP contribution in [-0.4, -0.2) is 72.1 Å². The number of amides is 2. The van der Waals surface area contributed by atoms with Gasteiger partial charge in [-0.2, -0.15) is 0 Å². The summed E-state index contributed by atoms with van der Waals surface area (Å²) < 4.78 is 11.6. The number of carbonyl (C=O) groups excluding carboxylic acids is 2. The van der Waals surface area contributed by atoms with Gasteiger partial charge in [-0.05, 0) is 52.2 Å². The molecular formula is C17H37N4O5P. The predicted octanol–water partition coefficient (Wildman–Crippen LogP) is 0.477. The maximum absolute atomic E-state index is 12.8. The van der Waals surface area contributed by atoms with E-state index >= 15 is 0 Å². The fraction of sp³-hybridized carbons (Fsp3) is 0.882. The molecule has 0 aliphatic carbocycles. The number of carbonyl (C=O) groups is 2. The minimum Gasteiger partial charge on any atom is -0.357 e. The number of rotatable bonds is 13. The third-order valence-corrected chi connectivity index (χ3v) is 5.51. The second-order valence-electron chi connectivity index (χ2n) is 7.48. The van der Waals surface area contributed by atoms with Gasteiger partial charge >= 0.3 is 7.60 Å². The van der Waals surface area contributed by atoms with E-state index in [9.17, 15) is 23.9 Å². The maximum Gasteiger partial charge on any atom is 0.342 e. The second kappa shape index (κ2) is 12.5. The Labute approximate surface area is 162 Å². The molecule has 9 nitrogen and oxygen atoms in total. The SMILES string of the molecule is CC[C@H](N[C@@H](CC(C)C)C(=O)N[C@@H](CCCN(C)C)C(=O)NC)P(=O)(O)O. The van der Waals surface area contributed by atoms with Crippen molar-refractivity contribution in [2.75, 3.05) is 27.7 Å². The molecule has 0 heterocycles. The third kappa shape index (κ3) is 10.8. The van der Waals surface area contributed by atoms with Gasteiger partial charge in [0.2, 0.25) is 11.8 Å². The smallest absolute Gasteiger partial charge is 0.342 e. The van der Waals surface area contributed by atoms with Gasteiger partial charge in [-0.3, -0.25) is 19.5 Å². The third-order valence-electron chi connectivity index (χ3n) is 4.19. The Morgan fingerprint density at radius 1 is 1.11 bits per heavy atom. The summed E-state index contributed by atoms with van der Waals surface area (Å²) in [5, 5.41) is 8.09. The number of hydrogen-bond donors (Lipinski definition) is 5. The number of likely N-dealkylation sites (N-methyl/N-ethyl adjacent to an activating group) is 1. The molecule has 0 saturated heterocycles. The van der Waals surface area contributed by atoms with Crippen LogP contribution in [0.2, 0.25) is 0 Å². The van der Waals surface area contributed by atoms with E-state index in [1.807, 2.05) is 32.8 Å². The summed E-state index contributed by atoms with van der Waals surface area (Å²) in [6.45, 7) is 6.28. The Morgan fingerprint density at radius 3 is 2.11 bits per heavy atom. The molecule has 3 atom stereocenters. The van der Waals surface area contributed by atoms with E-state index < -0.39 is 31.4 Å². The molecule has 0 aliphatic rings. The van der Waals surface area contributed by atoms with Gasteiger partial charge in [0.1, 0.15) is 11.8 Å². The Hall–Kier alpha value is -0.990. The van der Waals surface area contributed by atoms with Crippen molar-refractivity contribution in [2.24, 2.45) is 5.92 Å². The van der Waals surface area contributed by atoms with Gasteiger partial charge in [-0.25, -0.2) is 0 Å². The highest BCUT2D eigenvalue weighted by Gasteiger charge is 2.33. The van der Waals surface area contributed by atoms with Crippen molar-refractivity contribution >= 4 is 19.4 Å². The molecule has 0 unspecified atom stereocenters. The van der Waals surface area contributed by atoms with E-state index in [2.05, 4.69) is 16.0 Å². The summed E-state index contributed by atoms with van der Waals surface area (Å²) >= 11 is 0. The summed E-state index contributed by atoms with van der Waals surface area (Å²) in [6.07, 6.45) is 1.80. The highest BCUT2D eigenvalue weighted by molar-refractivity contribution is 7.52. The molecule has 0 bridgehead atoms. The molecule has 0 saturated carbocycles. The van der Waals surface area contributed by atoms with Crippen LogP contribution in [0.4, 0.5) is 0 Å². The van der Waals surface area contributed by atoms with Gasteiger partial charge in [0.25, 0.3) is 0 Å². The van der Waals surface area contributed by atoms with Crippen molar-refractivity contribution in [3.8, 4) is 0 Å². The van der Waals surface area contributed by atoms with Crippen LogP contribution >= 0.6 is 7.60 Å². The normalized spacial score (nSPS) is 15.5. The van der Waals surface area contributed by atoms with Crippen LogP contribution in [0.3, 0.4) is 0 Å².